The summed E-state index contributed by atoms with van der Waals surface area (Å²) in [5, 5.41) is 18.8. The molecule has 0 bridgehead atoms. The van der Waals surface area contributed by atoms with Gasteiger partial charge in [-0.05, 0) is 0 Å². The molecule has 3 nitrogen and oxygen atoms in total. The van der Waals surface area contributed by atoms with Crippen molar-refractivity contribution in [3.05, 3.63) is 19.7 Å². The van der Waals surface area contributed by atoms with Crippen molar-refractivity contribution in [1.29, 1.82) is 15.8 Å². The van der Waals surface area contributed by atoms with Gasteiger partial charge in [0.25, 0.3) is 0 Å². The van der Waals surface area contributed by atoms with Gasteiger partial charge in [0.15, 0.2) is 0 Å². The molecule has 0 unspecified atom stereocenters. The summed E-state index contributed by atoms with van der Waals surface area (Å²) in [5.74, 6) is 0. The van der Waals surface area contributed by atoms with E-state index in [1.165, 1.54) is 0 Å². The van der Waals surface area contributed by atoms with Crippen LogP contribution in [0.25, 0.3) is 0 Å². The summed E-state index contributed by atoms with van der Waals surface area (Å²) in [6.07, 6.45) is 0. The fourth-order valence-corrected chi connectivity index (χ4v) is 0. The minimum atomic E-state index is 0. The number of rotatable bonds is 0. The third-order valence-corrected chi connectivity index (χ3v) is 0. The summed E-state index contributed by atoms with van der Waals surface area (Å²) in [6, 6.07) is 0. The normalized spacial score (nSPS) is 0.750. The second kappa shape index (κ2) is 375. The van der Waals surface area contributed by atoms with E-state index in [1.54, 1.807) is 0 Å². The molecule has 5 heteroatoms. The summed E-state index contributed by atoms with van der Waals surface area (Å²) in [5.41, 5.74) is 0. The number of hydrogen-bond donors (Lipinski definition) is 0. The maximum Gasteiger partial charge on any atom is 2.00 e. The van der Waals surface area contributed by atoms with Crippen LogP contribution in [0.3, 0.4) is 0 Å². The van der Waals surface area contributed by atoms with Crippen molar-refractivity contribution < 1.29 is 78.7 Å². The predicted molar refractivity (Wildman–Crippen MR) is 14.9 cm³/mol. The van der Waals surface area contributed by atoms with Crippen molar-refractivity contribution in [2.75, 3.05) is 0 Å². The van der Waals surface area contributed by atoms with Crippen molar-refractivity contribution in [2.24, 2.45) is 0 Å². The smallest absolute Gasteiger partial charge is 0.512 e. The summed E-state index contributed by atoms with van der Waals surface area (Å²) < 4.78 is 0. The molecule has 0 aliphatic heterocycles. The van der Waals surface area contributed by atoms with Crippen molar-refractivity contribution in [1.82, 2.24) is 0 Å². The standard InChI is InChI=1S/3CN.Cd.K/c3*1-2;;/q3*-1;+2;+1. The molecule has 30 valence electrons. The SMILES string of the molecule is [C-]#N.[C-]#N.[C-]#N.[Cd+2].[K+]. The zero-order valence-corrected chi connectivity index (χ0v) is 11.7. The predicted octanol–water partition coefficient (Wildman–Crippen LogP) is -2.71. The average molecular weight is 230 g/mol. The Morgan fingerprint density at radius 2 is 0.625 bits per heavy atom. The Balaban J connectivity index is -0.00000000500. The van der Waals surface area contributed by atoms with Crippen molar-refractivity contribution in [3.63, 3.8) is 0 Å². The second-order valence-electron chi connectivity index (χ2n) is 0. The maximum atomic E-state index is 6.25. The third-order valence-electron chi connectivity index (χ3n) is 0. The van der Waals surface area contributed by atoms with Crippen LogP contribution in [-0.4, -0.2) is 0 Å². The van der Waals surface area contributed by atoms with E-state index in [1.807, 2.05) is 0 Å². The second-order valence-corrected chi connectivity index (χ2v) is 0. The minimum Gasteiger partial charge on any atom is -0.512 e. The van der Waals surface area contributed by atoms with Crippen LogP contribution in [-0.2, 0) is 27.3 Å². The Labute approximate surface area is 112 Å². The van der Waals surface area contributed by atoms with E-state index < -0.39 is 0 Å². The molecule has 0 N–H and O–H groups in total. The van der Waals surface area contributed by atoms with E-state index in [2.05, 4.69) is 0 Å². The summed E-state index contributed by atoms with van der Waals surface area (Å²) in [4.78, 5) is 0. The molecule has 0 atom stereocenters. The summed E-state index contributed by atoms with van der Waals surface area (Å²) >= 11 is 0. The average Bonchev–Trinajstić information content (AvgIpc) is 1.81. The van der Waals surface area contributed by atoms with Crippen LogP contribution < -0.4 is 51.4 Å². The van der Waals surface area contributed by atoms with Crippen LogP contribution in [0.5, 0.6) is 0 Å². The molecule has 8 heavy (non-hydrogen) atoms. The van der Waals surface area contributed by atoms with Gasteiger partial charge in [0.1, 0.15) is 0 Å². The number of hydrogen-bond acceptors (Lipinski definition) is 3. The van der Waals surface area contributed by atoms with Gasteiger partial charge in [0, 0.05) is 0 Å². The molecular weight excluding hydrogens is 230 g/mol. The first-order valence-electron chi connectivity index (χ1n) is 0.671. The topological polar surface area (TPSA) is 71.4 Å². The van der Waals surface area contributed by atoms with Crippen LogP contribution in [0, 0.1) is 35.5 Å². The molecule has 0 aromatic rings. The van der Waals surface area contributed by atoms with Gasteiger partial charge in [-0.1, -0.05) is 0 Å². The maximum absolute atomic E-state index is 6.25. The molecule has 0 aromatic heterocycles. The Bertz CT molecular complexity index is 43.0. The molecule has 0 spiro atoms. The molecule has 0 fully saturated rings. The minimum absolute atomic E-state index is 0. The molecule has 0 heterocycles. The molecule has 0 saturated heterocycles. The number of nitrogens with zero attached hydrogens (tertiary/aromatic N) is 3. The van der Waals surface area contributed by atoms with Crippen molar-refractivity contribution >= 4 is 0 Å². The van der Waals surface area contributed by atoms with E-state index in [0.717, 1.165) is 0 Å². The summed E-state index contributed by atoms with van der Waals surface area (Å²) in [6.45, 7) is 14.2. The summed E-state index contributed by atoms with van der Waals surface area (Å²) in [7, 11) is 0. The molecule has 0 amide bonds. The van der Waals surface area contributed by atoms with Gasteiger partial charge in [0.2, 0.25) is 0 Å². The van der Waals surface area contributed by atoms with Gasteiger partial charge >= 0.3 is 78.7 Å². The van der Waals surface area contributed by atoms with Crippen LogP contribution in [0.1, 0.15) is 0 Å². The molecule has 0 radical (unpaired) electrons. The molecule has 0 aromatic carbocycles. The fourth-order valence-electron chi connectivity index (χ4n) is 0. The van der Waals surface area contributed by atoms with E-state index in [4.69, 9.17) is 35.5 Å². The van der Waals surface area contributed by atoms with Crippen LogP contribution in [0.2, 0.25) is 0 Å². The molecule has 0 aliphatic carbocycles. The Morgan fingerprint density at radius 3 is 0.625 bits per heavy atom. The first kappa shape index (κ1) is 35.9. The van der Waals surface area contributed by atoms with Crippen LogP contribution >= 0.6 is 0 Å². The van der Waals surface area contributed by atoms with Crippen LogP contribution in [0.4, 0.5) is 0 Å². The monoisotopic (exact) mass is 231 g/mol. The van der Waals surface area contributed by atoms with E-state index in [0.29, 0.717) is 0 Å². The van der Waals surface area contributed by atoms with E-state index in [-0.39, 0.29) is 78.7 Å². The van der Waals surface area contributed by atoms with E-state index in [9.17, 15) is 0 Å². The van der Waals surface area contributed by atoms with Crippen molar-refractivity contribution in [3.8, 4) is 0 Å². The Hall–Kier alpha value is 1.03. The van der Waals surface area contributed by atoms with Crippen molar-refractivity contribution in [2.45, 2.75) is 0 Å². The quantitative estimate of drug-likeness (QED) is 0.335. The van der Waals surface area contributed by atoms with Gasteiger partial charge in [-0.3, -0.25) is 0 Å². The Kier molecular flexibility index (Phi) is 1680. The first-order chi connectivity index (χ1) is 3.00. The molecule has 0 aliphatic rings. The molecule has 0 rings (SSSR count). The molecule has 0 saturated carbocycles. The van der Waals surface area contributed by atoms with Gasteiger partial charge in [0.05, 0.1) is 0 Å². The van der Waals surface area contributed by atoms with Gasteiger partial charge in [-0.25, -0.2) is 0 Å². The zero-order chi connectivity index (χ0) is 6.00. The van der Waals surface area contributed by atoms with Gasteiger partial charge in [-0.2, -0.15) is 0 Å². The zero-order valence-electron chi connectivity index (χ0n) is 4.55. The van der Waals surface area contributed by atoms with Gasteiger partial charge < -0.3 is 35.5 Å². The first-order valence-corrected chi connectivity index (χ1v) is 0.671. The van der Waals surface area contributed by atoms with E-state index >= 15 is 0 Å². The van der Waals surface area contributed by atoms with Crippen LogP contribution in [0.15, 0.2) is 0 Å². The largest absolute Gasteiger partial charge is 2.00 e. The molecular formula is C3CdKN3. The van der Waals surface area contributed by atoms with Gasteiger partial charge in [-0.15, -0.1) is 0 Å². The Morgan fingerprint density at radius 1 is 0.625 bits per heavy atom. The fraction of sp³-hybridized carbons (Fsp3) is 0. The third kappa shape index (κ3) is 241.